The number of hydrogen-bond acceptors (Lipinski definition) is 4. The minimum absolute atomic E-state index is 0.0883. The molecule has 35 heavy (non-hydrogen) atoms. The van der Waals surface area contributed by atoms with Gasteiger partial charge in [0.05, 0.1) is 22.3 Å². The lowest BCUT2D eigenvalue weighted by Gasteiger charge is -2.21. The first-order valence-electron chi connectivity index (χ1n) is 11.1. The van der Waals surface area contributed by atoms with Crippen molar-refractivity contribution in [1.82, 2.24) is 10.6 Å². The molecule has 0 atom stereocenters. The summed E-state index contributed by atoms with van der Waals surface area (Å²) in [5.74, 6) is 0.0362. The predicted octanol–water partition coefficient (Wildman–Crippen LogP) is 5.73. The van der Waals surface area contributed by atoms with E-state index in [9.17, 15) is 9.59 Å². The fraction of sp³-hybridized carbons (Fsp3) is 0.222. The molecular formula is C27H28BrN3O3S. The zero-order chi connectivity index (χ0) is 25.4. The largest absolute Gasteiger partial charge is 0.492 e. The van der Waals surface area contributed by atoms with Crippen molar-refractivity contribution in [3.63, 3.8) is 0 Å². The lowest BCUT2D eigenvalue weighted by atomic mass is 10.1. The van der Waals surface area contributed by atoms with E-state index in [1.165, 1.54) is 5.56 Å². The Kier molecular flexibility index (Phi) is 9.01. The molecule has 3 N–H and O–H groups in total. The van der Waals surface area contributed by atoms with Crippen molar-refractivity contribution < 1.29 is 14.3 Å². The number of carbonyl (C=O) groups is 2. The highest BCUT2D eigenvalue weighted by Crippen LogP contribution is 2.26. The summed E-state index contributed by atoms with van der Waals surface area (Å²) in [6, 6.07) is 22.2. The number of carbonyl (C=O) groups excluding carboxylic acids is 2. The van der Waals surface area contributed by atoms with E-state index < -0.39 is 0 Å². The Morgan fingerprint density at radius 3 is 2.31 bits per heavy atom. The molecule has 3 aromatic rings. The molecule has 0 unspecified atom stereocenters. The number of halogens is 1. The Labute approximate surface area is 219 Å². The number of thiocarbonyl (C=S) groups is 1. The Morgan fingerprint density at radius 1 is 0.943 bits per heavy atom. The van der Waals surface area contributed by atoms with E-state index in [2.05, 4.69) is 44.0 Å². The minimum Gasteiger partial charge on any atom is -0.492 e. The van der Waals surface area contributed by atoms with Crippen LogP contribution in [0.3, 0.4) is 0 Å². The summed E-state index contributed by atoms with van der Waals surface area (Å²) in [6.45, 7) is 6.24. The lowest BCUT2D eigenvalue weighted by molar-refractivity contribution is 0.0919. The van der Waals surface area contributed by atoms with Crippen LogP contribution in [0.5, 0.6) is 5.75 Å². The SMILES string of the molecule is CC(C)(C)NC(=O)c1ccccc1NC(=S)NC(=O)c1ccc(OCCc2ccccc2)c(Br)c1. The van der Waals surface area contributed by atoms with Gasteiger partial charge in [-0.05, 0) is 84.8 Å². The Balaban J connectivity index is 1.58. The van der Waals surface area contributed by atoms with Gasteiger partial charge >= 0.3 is 0 Å². The number of nitrogens with one attached hydrogen (secondary N) is 3. The van der Waals surface area contributed by atoms with Crippen molar-refractivity contribution in [1.29, 1.82) is 0 Å². The third-order valence-corrected chi connectivity index (χ3v) is 5.64. The number of para-hydroxylation sites is 1. The molecule has 0 aliphatic rings. The van der Waals surface area contributed by atoms with Gasteiger partial charge in [0.2, 0.25) is 0 Å². The molecule has 0 radical (unpaired) electrons. The van der Waals surface area contributed by atoms with E-state index in [4.69, 9.17) is 17.0 Å². The van der Waals surface area contributed by atoms with Gasteiger partial charge in [0.15, 0.2) is 5.11 Å². The summed E-state index contributed by atoms with van der Waals surface area (Å²) in [7, 11) is 0. The monoisotopic (exact) mass is 553 g/mol. The van der Waals surface area contributed by atoms with Crippen LogP contribution in [0.4, 0.5) is 5.69 Å². The summed E-state index contributed by atoms with van der Waals surface area (Å²) in [5.41, 5.74) is 2.15. The first-order valence-corrected chi connectivity index (χ1v) is 12.3. The second-order valence-electron chi connectivity index (χ2n) is 8.89. The molecule has 0 bridgehead atoms. The Bertz CT molecular complexity index is 1210. The normalized spacial score (nSPS) is 10.9. The highest BCUT2D eigenvalue weighted by Gasteiger charge is 2.19. The summed E-state index contributed by atoms with van der Waals surface area (Å²) in [5, 5.41) is 8.62. The predicted molar refractivity (Wildman–Crippen MR) is 147 cm³/mol. The minimum atomic E-state index is -0.385. The third-order valence-electron chi connectivity index (χ3n) is 4.82. The molecule has 0 saturated carbocycles. The molecule has 0 aromatic heterocycles. The van der Waals surface area contributed by atoms with Crippen LogP contribution in [0.25, 0.3) is 0 Å². The number of hydrogen-bond donors (Lipinski definition) is 3. The maximum Gasteiger partial charge on any atom is 0.257 e. The van der Waals surface area contributed by atoms with Crippen LogP contribution in [-0.4, -0.2) is 29.1 Å². The molecule has 182 valence electrons. The van der Waals surface area contributed by atoms with Gasteiger partial charge in [0.25, 0.3) is 11.8 Å². The lowest BCUT2D eigenvalue weighted by Crippen LogP contribution is -2.41. The van der Waals surface area contributed by atoms with Gasteiger partial charge in [0.1, 0.15) is 5.75 Å². The van der Waals surface area contributed by atoms with Crippen molar-refractivity contribution in [2.45, 2.75) is 32.7 Å². The summed E-state index contributed by atoms with van der Waals surface area (Å²) >= 11 is 8.79. The van der Waals surface area contributed by atoms with Gasteiger partial charge in [-0.1, -0.05) is 42.5 Å². The molecule has 8 heteroatoms. The number of amides is 2. The molecule has 6 nitrogen and oxygen atoms in total. The quantitative estimate of drug-likeness (QED) is 0.326. The van der Waals surface area contributed by atoms with E-state index in [-0.39, 0.29) is 22.5 Å². The van der Waals surface area contributed by atoms with Crippen LogP contribution in [0.2, 0.25) is 0 Å². The maximum atomic E-state index is 12.7. The van der Waals surface area contributed by atoms with Gasteiger partial charge < -0.3 is 15.4 Å². The van der Waals surface area contributed by atoms with E-state index in [1.54, 1.807) is 42.5 Å². The van der Waals surface area contributed by atoms with Gasteiger partial charge in [-0.3, -0.25) is 14.9 Å². The molecule has 3 aromatic carbocycles. The Morgan fingerprint density at radius 2 is 1.63 bits per heavy atom. The van der Waals surface area contributed by atoms with Crippen molar-refractivity contribution in [2.24, 2.45) is 0 Å². The van der Waals surface area contributed by atoms with Crippen molar-refractivity contribution in [3.8, 4) is 5.75 Å². The molecule has 0 aliphatic carbocycles. The highest BCUT2D eigenvalue weighted by molar-refractivity contribution is 9.10. The number of ether oxygens (including phenoxy) is 1. The smallest absolute Gasteiger partial charge is 0.257 e. The molecule has 0 fully saturated rings. The zero-order valence-electron chi connectivity index (χ0n) is 19.9. The summed E-state index contributed by atoms with van der Waals surface area (Å²) < 4.78 is 6.52. The maximum absolute atomic E-state index is 12.7. The highest BCUT2D eigenvalue weighted by atomic mass is 79.9. The number of rotatable bonds is 7. The molecule has 2 amide bonds. The fourth-order valence-electron chi connectivity index (χ4n) is 3.21. The van der Waals surface area contributed by atoms with E-state index >= 15 is 0 Å². The average molecular weight is 555 g/mol. The molecule has 0 saturated heterocycles. The van der Waals surface area contributed by atoms with Crippen molar-refractivity contribution >= 4 is 50.8 Å². The summed E-state index contributed by atoms with van der Waals surface area (Å²) in [4.78, 5) is 25.4. The number of anilines is 1. The van der Waals surface area contributed by atoms with Gasteiger partial charge in [-0.15, -0.1) is 0 Å². The second kappa shape index (κ2) is 12.0. The first-order chi connectivity index (χ1) is 16.6. The van der Waals surface area contributed by atoms with Crippen LogP contribution < -0.4 is 20.7 Å². The zero-order valence-corrected chi connectivity index (χ0v) is 22.3. The standard InChI is InChI=1S/C27H28BrN3O3S/c1-27(2,3)31-25(33)20-11-7-8-12-22(20)29-26(35)30-24(32)19-13-14-23(21(28)17-19)34-16-15-18-9-5-4-6-10-18/h4-14,17H,15-16H2,1-3H3,(H,31,33)(H2,29,30,32,35). The number of benzene rings is 3. The average Bonchev–Trinajstić information content (AvgIpc) is 2.80. The summed E-state index contributed by atoms with van der Waals surface area (Å²) in [6.07, 6.45) is 0.782. The Hall–Kier alpha value is -3.23. The van der Waals surface area contributed by atoms with Gasteiger partial charge in [0, 0.05) is 17.5 Å². The van der Waals surface area contributed by atoms with E-state index in [1.807, 2.05) is 39.0 Å². The van der Waals surface area contributed by atoms with E-state index in [0.29, 0.717) is 33.6 Å². The molecule has 0 aliphatic heterocycles. The van der Waals surface area contributed by atoms with Gasteiger partial charge in [-0.2, -0.15) is 0 Å². The van der Waals surface area contributed by atoms with E-state index in [0.717, 1.165) is 6.42 Å². The molecule has 0 spiro atoms. The third kappa shape index (κ3) is 8.19. The first kappa shape index (κ1) is 26.4. The topological polar surface area (TPSA) is 79.5 Å². The van der Waals surface area contributed by atoms with Crippen LogP contribution in [0.1, 0.15) is 47.1 Å². The van der Waals surface area contributed by atoms with Crippen LogP contribution >= 0.6 is 28.1 Å². The molecular weight excluding hydrogens is 526 g/mol. The molecule has 3 rings (SSSR count). The van der Waals surface area contributed by atoms with Crippen LogP contribution in [-0.2, 0) is 6.42 Å². The van der Waals surface area contributed by atoms with Crippen LogP contribution in [0, 0.1) is 0 Å². The van der Waals surface area contributed by atoms with Gasteiger partial charge in [-0.25, -0.2) is 0 Å². The van der Waals surface area contributed by atoms with Crippen LogP contribution in [0.15, 0.2) is 77.3 Å². The van der Waals surface area contributed by atoms with Crippen molar-refractivity contribution in [2.75, 3.05) is 11.9 Å². The second-order valence-corrected chi connectivity index (χ2v) is 10.1. The fourth-order valence-corrected chi connectivity index (χ4v) is 3.91. The van der Waals surface area contributed by atoms with Crippen molar-refractivity contribution in [3.05, 3.63) is 94.0 Å². The molecule has 0 heterocycles.